The van der Waals surface area contributed by atoms with Crippen LogP contribution >= 0.6 is 0 Å². The number of rotatable bonds is 5. The van der Waals surface area contributed by atoms with Crippen LogP contribution in [0.5, 0.6) is 5.88 Å². The van der Waals surface area contributed by atoms with Gasteiger partial charge in [0.25, 0.3) is 0 Å². The molecule has 0 amide bonds. The highest BCUT2D eigenvalue weighted by atomic mass is 19.4. The first-order chi connectivity index (χ1) is 13.2. The number of halogens is 3. The van der Waals surface area contributed by atoms with Crippen molar-refractivity contribution in [3.8, 4) is 5.88 Å². The fourth-order valence-electron chi connectivity index (χ4n) is 3.25. The molecule has 1 aliphatic heterocycles. The van der Waals surface area contributed by atoms with Gasteiger partial charge in [0, 0.05) is 23.7 Å². The number of ether oxygens (including phenoxy) is 1. The minimum Gasteiger partial charge on any atom is -0.474 e. The number of aryl methyl sites for hydroxylation is 1. The summed E-state index contributed by atoms with van der Waals surface area (Å²) in [4.78, 5) is 12.2. The fourth-order valence-corrected chi connectivity index (χ4v) is 3.25. The predicted molar refractivity (Wildman–Crippen MR) is 95.9 cm³/mol. The Labute approximate surface area is 161 Å². The first-order valence-electron chi connectivity index (χ1n) is 9.11. The smallest absolute Gasteiger partial charge is 0.433 e. The van der Waals surface area contributed by atoms with E-state index in [-0.39, 0.29) is 18.4 Å². The van der Waals surface area contributed by atoms with Gasteiger partial charge in [0.15, 0.2) is 0 Å². The van der Waals surface area contributed by atoms with E-state index in [1.807, 2.05) is 0 Å². The molecule has 28 heavy (non-hydrogen) atoms. The Hall–Kier alpha value is -2.26. The lowest BCUT2D eigenvalue weighted by atomic mass is 9.86. The van der Waals surface area contributed by atoms with E-state index >= 15 is 0 Å². The number of pyridine rings is 1. The maximum absolute atomic E-state index is 12.8. The monoisotopic (exact) mass is 396 g/mol. The van der Waals surface area contributed by atoms with Crippen molar-refractivity contribution < 1.29 is 23.0 Å². The SMILES string of the molecule is Cc1ncc(C(C)(O)COc2cccc(C(F)(F)F)n2)c(C2CCNCC2)n1. The first-order valence-corrected chi connectivity index (χ1v) is 9.11. The molecule has 6 nitrogen and oxygen atoms in total. The van der Waals surface area contributed by atoms with Gasteiger partial charge in [0.05, 0.1) is 5.69 Å². The lowest BCUT2D eigenvalue weighted by Gasteiger charge is -2.30. The summed E-state index contributed by atoms with van der Waals surface area (Å²) >= 11 is 0. The Morgan fingerprint density at radius 2 is 1.93 bits per heavy atom. The zero-order valence-corrected chi connectivity index (χ0v) is 15.8. The lowest BCUT2D eigenvalue weighted by molar-refractivity contribution is -0.141. The molecule has 0 radical (unpaired) electrons. The van der Waals surface area contributed by atoms with Crippen molar-refractivity contribution in [2.75, 3.05) is 19.7 Å². The Kier molecular flexibility index (Phi) is 5.85. The number of nitrogens with zero attached hydrogens (tertiary/aromatic N) is 3. The highest BCUT2D eigenvalue weighted by Crippen LogP contribution is 2.33. The van der Waals surface area contributed by atoms with E-state index in [1.165, 1.54) is 12.1 Å². The van der Waals surface area contributed by atoms with E-state index in [0.717, 1.165) is 37.7 Å². The molecule has 9 heteroatoms. The number of nitrogens with one attached hydrogen (secondary N) is 1. The second-order valence-electron chi connectivity index (χ2n) is 7.16. The minimum absolute atomic E-state index is 0.177. The molecular formula is C19H23F3N4O2. The number of aromatic nitrogens is 3. The number of aliphatic hydroxyl groups is 1. The van der Waals surface area contributed by atoms with Crippen LogP contribution in [-0.4, -0.2) is 39.8 Å². The molecule has 1 fully saturated rings. The molecule has 2 aromatic rings. The number of piperidine rings is 1. The Balaban J connectivity index is 1.81. The zero-order chi connectivity index (χ0) is 20.4. The molecular weight excluding hydrogens is 373 g/mol. The molecule has 0 bridgehead atoms. The molecule has 1 aliphatic rings. The molecule has 2 aromatic heterocycles. The Bertz CT molecular complexity index is 821. The van der Waals surface area contributed by atoms with Crippen molar-refractivity contribution in [1.29, 1.82) is 0 Å². The van der Waals surface area contributed by atoms with Crippen LogP contribution < -0.4 is 10.1 Å². The summed E-state index contributed by atoms with van der Waals surface area (Å²) in [5.74, 6) is 0.580. The van der Waals surface area contributed by atoms with Crippen LogP contribution in [0.3, 0.4) is 0 Å². The topological polar surface area (TPSA) is 80.2 Å². The molecule has 1 unspecified atom stereocenters. The highest BCUT2D eigenvalue weighted by Gasteiger charge is 2.34. The van der Waals surface area contributed by atoms with Crippen LogP contribution in [0.1, 0.15) is 48.5 Å². The van der Waals surface area contributed by atoms with Crippen LogP contribution in [0.4, 0.5) is 13.2 Å². The van der Waals surface area contributed by atoms with E-state index in [2.05, 4.69) is 20.3 Å². The van der Waals surface area contributed by atoms with E-state index in [1.54, 1.807) is 20.0 Å². The maximum Gasteiger partial charge on any atom is 0.433 e. The summed E-state index contributed by atoms with van der Waals surface area (Å²) in [6.07, 6.45) is -1.22. The fraction of sp³-hybridized carbons (Fsp3) is 0.526. The van der Waals surface area contributed by atoms with E-state index in [9.17, 15) is 18.3 Å². The third kappa shape index (κ3) is 4.77. The summed E-state index contributed by atoms with van der Waals surface area (Å²) in [5, 5.41) is 14.3. The van der Waals surface area contributed by atoms with Gasteiger partial charge < -0.3 is 15.2 Å². The molecule has 2 N–H and O–H groups in total. The standard InChI is InChI=1S/C19H23F3N4O2/c1-12-24-10-14(17(25-12)13-6-8-23-9-7-13)18(2,27)11-28-16-5-3-4-15(26-16)19(20,21)22/h3-5,10,13,23,27H,6-9,11H2,1-2H3. The minimum atomic E-state index is -4.56. The van der Waals surface area contributed by atoms with E-state index < -0.39 is 17.5 Å². The molecule has 1 saturated heterocycles. The van der Waals surface area contributed by atoms with E-state index in [4.69, 9.17) is 4.74 Å². The lowest BCUT2D eigenvalue weighted by Crippen LogP contribution is -2.34. The van der Waals surface area contributed by atoms with Gasteiger partial charge in [-0.15, -0.1) is 0 Å². The predicted octanol–water partition coefficient (Wildman–Crippen LogP) is 2.95. The quantitative estimate of drug-likeness (QED) is 0.809. The van der Waals surface area contributed by atoms with Gasteiger partial charge in [-0.2, -0.15) is 13.2 Å². The van der Waals surface area contributed by atoms with E-state index in [0.29, 0.717) is 11.4 Å². The van der Waals surface area contributed by atoms with Crippen molar-refractivity contribution in [2.24, 2.45) is 0 Å². The Morgan fingerprint density at radius 1 is 1.21 bits per heavy atom. The number of hydrogen-bond donors (Lipinski definition) is 2. The van der Waals surface area contributed by atoms with Crippen LogP contribution in [-0.2, 0) is 11.8 Å². The third-order valence-corrected chi connectivity index (χ3v) is 4.76. The average molecular weight is 396 g/mol. The van der Waals surface area contributed by atoms with Crippen molar-refractivity contribution in [2.45, 2.75) is 44.4 Å². The van der Waals surface area contributed by atoms with Crippen molar-refractivity contribution in [3.63, 3.8) is 0 Å². The molecule has 0 aromatic carbocycles. The molecule has 3 rings (SSSR count). The highest BCUT2D eigenvalue weighted by molar-refractivity contribution is 5.28. The molecule has 1 atom stereocenters. The zero-order valence-electron chi connectivity index (χ0n) is 15.8. The summed E-state index contributed by atoms with van der Waals surface area (Å²) in [5.41, 5.74) is -1.24. The maximum atomic E-state index is 12.8. The molecule has 0 spiro atoms. The normalized spacial score (nSPS) is 17.9. The second kappa shape index (κ2) is 8.00. The van der Waals surface area contributed by atoms with Crippen LogP contribution in [0.25, 0.3) is 0 Å². The number of hydrogen-bond acceptors (Lipinski definition) is 6. The summed E-state index contributed by atoms with van der Waals surface area (Å²) in [7, 11) is 0. The van der Waals surface area contributed by atoms with Crippen LogP contribution in [0, 0.1) is 6.92 Å². The third-order valence-electron chi connectivity index (χ3n) is 4.76. The summed E-state index contributed by atoms with van der Waals surface area (Å²) in [6, 6.07) is 3.41. The molecule has 152 valence electrons. The van der Waals surface area contributed by atoms with Crippen molar-refractivity contribution >= 4 is 0 Å². The van der Waals surface area contributed by atoms with Gasteiger partial charge in [0.1, 0.15) is 23.7 Å². The van der Waals surface area contributed by atoms with Gasteiger partial charge in [-0.25, -0.2) is 15.0 Å². The van der Waals surface area contributed by atoms with Crippen LogP contribution in [0.2, 0.25) is 0 Å². The largest absolute Gasteiger partial charge is 0.474 e. The van der Waals surface area contributed by atoms with Gasteiger partial charge in [-0.1, -0.05) is 6.07 Å². The molecule has 0 saturated carbocycles. The first kappa shape index (κ1) is 20.5. The van der Waals surface area contributed by atoms with Gasteiger partial charge >= 0.3 is 6.18 Å². The average Bonchev–Trinajstić information content (AvgIpc) is 2.66. The second-order valence-corrected chi connectivity index (χ2v) is 7.16. The van der Waals surface area contributed by atoms with Gasteiger partial charge in [-0.3, -0.25) is 0 Å². The molecule has 0 aliphatic carbocycles. The Morgan fingerprint density at radius 3 is 2.61 bits per heavy atom. The van der Waals surface area contributed by atoms with Crippen LogP contribution in [0.15, 0.2) is 24.4 Å². The van der Waals surface area contributed by atoms with Crippen molar-refractivity contribution in [1.82, 2.24) is 20.3 Å². The summed E-state index contributed by atoms with van der Waals surface area (Å²) in [6.45, 7) is 4.77. The number of alkyl halides is 3. The van der Waals surface area contributed by atoms with Crippen molar-refractivity contribution in [3.05, 3.63) is 47.2 Å². The summed E-state index contributed by atoms with van der Waals surface area (Å²) < 4.78 is 43.8. The van der Waals surface area contributed by atoms with Gasteiger partial charge in [-0.05, 0) is 45.8 Å². The molecule has 3 heterocycles. The van der Waals surface area contributed by atoms with Gasteiger partial charge in [0.2, 0.25) is 5.88 Å².